The van der Waals surface area contributed by atoms with Crippen molar-refractivity contribution in [3.8, 4) is 0 Å². The maximum Gasteiger partial charge on any atom is 0.317 e. The van der Waals surface area contributed by atoms with Gasteiger partial charge in [-0.25, -0.2) is 9.48 Å². The molecule has 1 saturated carbocycles. The molecule has 0 saturated heterocycles. The first-order valence-corrected chi connectivity index (χ1v) is 12.3. The molecular formula is C23H40N6O4. The van der Waals surface area contributed by atoms with Gasteiger partial charge in [0, 0.05) is 45.1 Å². The highest BCUT2D eigenvalue weighted by molar-refractivity contribution is 5.76. The quantitative estimate of drug-likeness (QED) is 0.687. The molecule has 2 heterocycles. The van der Waals surface area contributed by atoms with Gasteiger partial charge in [0.2, 0.25) is 5.91 Å². The summed E-state index contributed by atoms with van der Waals surface area (Å²) in [7, 11) is 1.79. The van der Waals surface area contributed by atoms with E-state index in [-0.39, 0.29) is 42.7 Å². The van der Waals surface area contributed by atoms with Crippen molar-refractivity contribution in [1.82, 2.24) is 30.1 Å². The number of fused-ring (bicyclic) bond motifs is 1. The monoisotopic (exact) mass is 464 g/mol. The summed E-state index contributed by atoms with van der Waals surface area (Å²) in [6, 6.07) is -0.132. The molecule has 3 rings (SSSR count). The number of urea groups is 1. The van der Waals surface area contributed by atoms with Gasteiger partial charge < -0.3 is 25.0 Å². The van der Waals surface area contributed by atoms with Crippen LogP contribution in [0.1, 0.15) is 64.5 Å². The van der Waals surface area contributed by atoms with E-state index in [1.807, 2.05) is 13.8 Å². The molecule has 1 aromatic heterocycles. The Morgan fingerprint density at radius 1 is 1.33 bits per heavy atom. The van der Waals surface area contributed by atoms with Gasteiger partial charge in [-0.2, -0.15) is 0 Å². The maximum absolute atomic E-state index is 12.9. The van der Waals surface area contributed by atoms with Crippen LogP contribution in [0.5, 0.6) is 0 Å². The second kappa shape index (κ2) is 12.3. The lowest BCUT2D eigenvalue weighted by Crippen LogP contribution is -2.50. The van der Waals surface area contributed by atoms with E-state index in [1.54, 1.807) is 27.7 Å². The number of nitrogens with zero attached hydrogens (tertiary/aromatic N) is 5. The minimum Gasteiger partial charge on any atom is -0.394 e. The van der Waals surface area contributed by atoms with E-state index in [9.17, 15) is 14.7 Å². The van der Waals surface area contributed by atoms with Gasteiger partial charge in [-0.3, -0.25) is 4.79 Å². The van der Waals surface area contributed by atoms with Gasteiger partial charge in [0.15, 0.2) is 0 Å². The first kappa shape index (κ1) is 25.4. The van der Waals surface area contributed by atoms with Crippen molar-refractivity contribution < 1.29 is 19.4 Å². The second-order valence-corrected chi connectivity index (χ2v) is 9.62. The van der Waals surface area contributed by atoms with Gasteiger partial charge in [0.25, 0.3) is 0 Å². The van der Waals surface area contributed by atoms with E-state index in [0.717, 1.165) is 31.4 Å². The van der Waals surface area contributed by atoms with Gasteiger partial charge in [-0.05, 0) is 26.2 Å². The number of ether oxygens (including phenoxy) is 1. The molecule has 1 aliphatic heterocycles. The van der Waals surface area contributed by atoms with Crippen LogP contribution in [0.25, 0.3) is 0 Å². The van der Waals surface area contributed by atoms with Crippen molar-refractivity contribution in [1.29, 1.82) is 0 Å². The first-order valence-electron chi connectivity index (χ1n) is 12.3. The van der Waals surface area contributed by atoms with Crippen LogP contribution < -0.4 is 5.32 Å². The van der Waals surface area contributed by atoms with Crippen molar-refractivity contribution in [3.63, 3.8) is 0 Å². The van der Waals surface area contributed by atoms with E-state index in [1.165, 1.54) is 6.42 Å². The predicted octanol–water partition coefficient (Wildman–Crippen LogP) is 1.78. The number of likely N-dealkylation sites (N-methyl/N-ethyl adjacent to an activating group) is 1. The molecule has 10 heteroatoms. The highest BCUT2D eigenvalue weighted by atomic mass is 16.5. The van der Waals surface area contributed by atoms with Crippen LogP contribution in [0, 0.1) is 5.92 Å². The number of carbonyl (C=O) groups excluding carboxylic acids is 2. The lowest BCUT2D eigenvalue weighted by atomic mass is 9.96. The molecule has 0 radical (unpaired) electrons. The predicted molar refractivity (Wildman–Crippen MR) is 123 cm³/mol. The minimum absolute atomic E-state index is 0.00721. The van der Waals surface area contributed by atoms with Gasteiger partial charge in [-0.1, -0.05) is 31.4 Å². The number of amides is 3. The molecule has 3 amide bonds. The third-order valence-electron chi connectivity index (χ3n) is 6.87. The summed E-state index contributed by atoms with van der Waals surface area (Å²) in [5.41, 5.74) is 0.857. The normalized spacial score (nSPS) is 24.4. The number of aromatic nitrogens is 3. The molecule has 0 aromatic carbocycles. The fourth-order valence-corrected chi connectivity index (χ4v) is 4.63. The van der Waals surface area contributed by atoms with Crippen molar-refractivity contribution in [2.75, 3.05) is 26.7 Å². The minimum atomic E-state index is -0.295. The second-order valence-electron chi connectivity index (χ2n) is 9.62. The van der Waals surface area contributed by atoms with E-state index in [2.05, 4.69) is 15.6 Å². The standard InChI is InChI=1S/C23H40N6O4/c1-17-13-28(18(2)15-30)22(31)10-7-11-29-20(12-24-26-29)16-33-21(17)14-27(3)23(32)25-19-8-5-4-6-9-19/h12,17-19,21,30H,4-11,13-16H2,1-3H3,(H,25,32)/t17-,18-,21-/m1/s1. The number of hydrogen-bond acceptors (Lipinski definition) is 6. The number of nitrogens with one attached hydrogen (secondary N) is 1. The van der Waals surface area contributed by atoms with Crippen LogP contribution in [0.15, 0.2) is 6.20 Å². The molecule has 1 aliphatic carbocycles. The van der Waals surface area contributed by atoms with E-state index >= 15 is 0 Å². The zero-order chi connectivity index (χ0) is 23.8. The molecule has 0 unspecified atom stereocenters. The molecule has 186 valence electrons. The van der Waals surface area contributed by atoms with Gasteiger partial charge >= 0.3 is 6.03 Å². The van der Waals surface area contributed by atoms with Gasteiger partial charge in [0.05, 0.1) is 37.3 Å². The lowest BCUT2D eigenvalue weighted by Gasteiger charge is -2.36. The Morgan fingerprint density at radius 2 is 2.09 bits per heavy atom. The summed E-state index contributed by atoms with van der Waals surface area (Å²) in [4.78, 5) is 29.2. The van der Waals surface area contributed by atoms with Crippen LogP contribution in [0.4, 0.5) is 4.79 Å². The molecule has 0 bridgehead atoms. The summed E-state index contributed by atoms with van der Waals surface area (Å²) in [5, 5.41) is 21.0. The van der Waals surface area contributed by atoms with Crippen LogP contribution in [0.2, 0.25) is 0 Å². The summed E-state index contributed by atoms with van der Waals surface area (Å²) in [6.45, 7) is 5.56. The maximum atomic E-state index is 12.9. The largest absolute Gasteiger partial charge is 0.394 e. The number of hydrogen-bond donors (Lipinski definition) is 2. The third kappa shape index (κ3) is 7.14. The average molecular weight is 465 g/mol. The topological polar surface area (TPSA) is 113 Å². The third-order valence-corrected chi connectivity index (χ3v) is 6.87. The molecule has 1 fully saturated rings. The molecule has 2 aliphatic rings. The lowest BCUT2D eigenvalue weighted by molar-refractivity contribution is -0.136. The molecule has 3 atom stereocenters. The van der Waals surface area contributed by atoms with Crippen molar-refractivity contribution in [3.05, 3.63) is 11.9 Å². The fourth-order valence-electron chi connectivity index (χ4n) is 4.63. The molecule has 33 heavy (non-hydrogen) atoms. The Kier molecular flexibility index (Phi) is 9.49. The van der Waals surface area contributed by atoms with Gasteiger partial charge in [0.1, 0.15) is 0 Å². The Hall–Kier alpha value is -2.20. The number of carbonyl (C=O) groups is 2. The fraction of sp³-hybridized carbons (Fsp3) is 0.826. The van der Waals surface area contributed by atoms with Crippen LogP contribution in [-0.2, 0) is 22.7 Å². The summed E-state index contributed by atoms with van der Waals surface area (Å²) in [5.74, 6) is -0.0376. The summed E-state index contributed by atoms with van der Waals surface area (Å²) in [6.07, 6.45) is 8.04. The smallest absolute Gasteiger partial charge is 0.317 e. The Balaban J connectivity index is 1.72. The SMILES string of the molecule is C[C@@H]1CN([C@H](C)CO)C(=O)CCCn2nncc2CO[C@@H]1CN(C)C(=O)NC1CCCCC1. The molecular weight excluding hydrogens is 424 g/mol. The van der Waals surface area contributed by atoms with E-state index < -0.39 is 0 Å². The summed E-state index contributed by atoms with van der Waals surface area (Å²) >= 11 is 0. The van der Waals surface area contributed by atoms with E-state index in [4.69, 9.17) is 4.74 Å². The Labute approximate surface area is 196 Å². The molecule has 0 spiro atoms. The van der Waals surface area contributed by atoms with Crippen LogP contribution >= 0.6 is 0 Å². The molecule has 10 nitrogen and oxygen atoms in total. The average Bonchev–Trinajstić information content (AvgIpc) is 3.26. The summed E-state index contributed by atoms with van der Waals surface area (Å²) < 4.78 is 8.07. The van der Waals surface area contributed by atoms with Crippen LogP contribution in [-0.4, -0.2) is 86.8 Å². The van der Waals surface area contributed by atoms with Crippen LogP contribution in [0.3, 0.4) is 0 Å². The van der Waals surface area contributed by atoms with Gasteiger partial charge in [-0.15, -0.1) is 5.10 Å². The number of rotatable bonds is 5. The Bertz CT molecular complexity index is 766. The number of aliphatic hydroxyl groups is 1. The number of aryl methyl sites for hydroxylation is 1. The van der Waals surface area contributed by atoms with Crippen molar-refractivity contribution in [2.45, 2.75) is 90.1 Å². The number of aliphatic hydroxyl groups excluding tert-OH is 1. The van der Waals surface area contributed by atoms with E-state index in [0.29, 0.717) is 39.1 Å². The first-order chi connectivity index (χ1) is 15.9. The Morgan fingerprint density at radius 3 is 2.82 bits per heavy atom. The van der Waals surface area contributed by atoms with Crippen molar-refractivity contribution >= 4 is 11.9 Å². The zero-order valence-corrected chi connectivity index (χ0v) is 20.3. The van der Waals surface area contributed by atoms with Crippen molar-refractivity contribution in [2.24, 2.45) is 5.92 Å². The molecule has 2 N–H and O–H groups in total. The molecule has 1 aromatic rings. The zero-order valence-electron chi connectivity index (χ0n) is 20.3. The highest BCUT2D eigenvalue weighted by Crippen LogP contribution is 2.20. The highest BCUT2D eigenvalue weighted by Gasteiger charge is 2.29.